The number of allylic oxidation sites excluding steroid dienone is 16. The lowest BCUT2D eigenvalue weighted by Gasteiger charge is -2.41. The van der Waals surface area contributed by atoms with Crippen LogP contribution >= 0.6 is 0 Å². The van der Waals surface area contributed by atoms with Gasteiger partial charge in [-0.05, 0) is 96.3 Å². The molecule has 1 aliphatic rings. The predicted molar refractivity (Wildman–Crippen MR) is 257 cm³/mol. The van der Waals surface area contributed by atoms with Gasteiger partial charge in [-0.15, -0.1) is 0 Å². The second-order valence-corrected chi connectivity index (χ2v) is 17.0. The van der Waals surface area contributed by atoms with E-state index in [4.69, 9.17) is 23.5 Å². The SMILES string of the molecule is CC/C=C\C/C=C\C/C=C\C/C=C\C/C=C\C/C=C\C/C=C\CCCCOCC(COC1OC(CO)C(O)C(OS(=O)(=O)O)C1O)OC(=O)CCCCCCC/C=C\CCCCCC. The van der Waals surface area contributed by atoms with Gasteiger partial charge in [-0.3, -0.25) is 9.35 Å². The van der Waals surface area contributed by atoms with Crippen molar-refractivity contribution in [2.75, 3.05) is 26.4 Å². The molecule has 6 atom stereocenters. The molecule has 0 bridgehead atoms. The molecule has 1 saturated heterocycles. The van der Waals surface area contributed by atoms with Gasteiger partial charge in [-0.1, -0.05) is 150 Å². The van der Waals surface area contributed by atoms with Crippen LogP contribution in [0.3, 0.4) is 0 Å². The molecule has 0 aromatic rings. The van der Waals surface area contributed by atoms with Crippen molar-refractivity contribution in [1.82, 2.24) is 0 Å². The average molecular weight is 921 g/mol. The highest BCUT2D eigenvalue weighted by atomic mass is 32.3. The van der Waals surface area contributed by atoms with Gasteiger partial charge in [0, 0.05) is 13.0 Å². The number of carbonyl (C=O) groups is 1. The molecule has 0 aromatic carbocycles. The molecule has 1 aliphatic heterocycles. The molecule has 0 radical (unpaired) electrons. The van der Waals surface area contributed by atoms with Gasteiger partial charge in [0.1, 0.15) is 30.5 Å². The van der Waals surface area contributed by atoms with E-state index in [-0.39, 0.29) is 19.6 Å². The van der Waals surface area contributed by atoms with E-state index in [0.29, 0.717) is 13.0 Å². The zero-order valence-corrected chi connectivity index (χ0v) is 39.9. The Morgan fingerprint density at radius 3 is 1.59 bits per heavy atom. The Labute approximate surface area is 386 Å². The minimum atomic E-state index is -5.08. The van der Waals surface area contributed by atoms with Gasteiger partial charge in [0.05, 0.1) is 19.8 Å². The van der Waals surface area contributed by atoms with Crippen molar-refractivity contribution in [3.8, 4) is 0 Å². The van der Waals surface area contributed by atoms with E-state index in [2.05, 4.69) is 115 Å². The van der Waals surface area contributed by atoms with Gasteiger partial charge in [-0.25, -0.2) is 4.18 Å². The van der Waals surface area contributed by atoms with Gasteiger partial charge in [0.2, 0.25) is 0 Å². The zero-order chi connectivity index (χ0) is 46.8. The minimum Gasteiger partial charge on any atom is -0.457 e. The predicted octanol–water partition coefficient (Wildman–Crippen LogP) is 10.6. The van der Waals surface area contributed by atoms with E-state index in [0.717, 1.165) is 103 Å². The average Bonchev–Trinajstić information content (AvgIpc) is 3.27. The number of hydrogen-bond donors (Lipinski definition) is 4. The fourth-order valence-electron chi connectivity index (χ4n) is 6.59. The fourth-order valence-corrected chi connectivity index (χ4v) is 7.09. The second-order valence-electron chi connectivity index (χ2n) is 16.0. The molecule has 12 nitrogen and oxygen atoms in total. The van der Waals surface area contributed by atoms with Crippen LogP contribution in [0, 0.1) is 0 Å². The summed E-state index contributed by atoms with van der Waals surface area (Å²) in [6.07, 6.45) is 47.3. The van der Waals surface area contributed by atoms with Crippen molar-refractivity contribution in [1.29, 1.82) is 0 Å². The first-order valence-corrected chi connectivity index (χ1v) is 25.4. The number of rotatable bonds is 40. The number of ether oxygens (including phenoxy) is 4. The van der Waals surface area contributed by atoms with Crippen LogP contribution in [0.2, 0.25) is 0 Å². The lowest BCUT2D eigenvalue weighted by Crippen LogP contribution is -2.60. The van der Waals surface area contributed by atoms with Crippen molar-refractivity contribution in [3.05, 3.63) is 97.2 Å². The molecule has 0 aromatic heterocycles. The summed E-state index contributed by atoms with van der Waals surface area (Å²) >= 11 is 0. The lowest BCUT2D eigenvalue weighted by molar-refractivity contribution is -0.301. The molecule has 366 valence electrons. The van der Waals surface area contributed by atoms with Crippen LogP contribution in [-0.2, 0) is 38.3 Å². The van der Waals surface area contributed by atoms with Crippen LogP contribution in [-0.4, -0.2) is 97.5 Å². The molecule has 0 amide bonds. The summed E-state index contributed by atoms with van der Waals surface area (Å²) in [5.41, 5.74) is 0. The Morgan fingerprint density at radius 2 is 1.08 bits per heavy atom. The molecular weight excluding hydrogens is 837 g/mol. The van der Waals surface area contributed by atoms with E-state index >= 15 is 0 Å². The molecule has 1 rings (SSSR count). The summed E-state index contributed by atoms with van der Waals surface area (Å²) < 4.78 is 59.0. The highest BCUT2D eigenvalue weighted by Crippen LogP contribution is 2.26. The third-order valence-electron chi connectivity index (χ3n) is 10.2. The molecule has 1 heterocycles. The number of aliphatic hydroxyl groups is 3. The largest absolute Gasteiger partial charge is 0.457 e. The van der Waals surface area contributed by atoms with E-state index < -0.39 is 59.8 Å². The summed E-state index contributed by atoms with van der Waals surface area (Å²) in [7, 11) is -5.08. The van der Waals surface area contributed by atoms with Gasteiger partial charge in [-0.2, -0.15) is 8.42 Å². The highest BCUT2D eigenvalue weighted by Gasteiger charge is 2.48. The number of hydrogen-bond acceptors (Lipinski definition) is 11. The van der Waals surface area contributed by atoms with Crippen molar-refractivity contribution in [2.24, 2.45) is 0 Å². The van der Waals surface area contributed by atoms with Crippen molar-refractivity contribution in [2.45, 2.75) is 192 Å². The van der Waals surface area contributed by atoms with Crippen LogP contribution in [0.25, 0.3) is 0 Å². The number of carbonyl (C=O) groups excluding carboxylic acids is 1. The van der Waals surface area contributed by atoms with E-state index in [9.17, 15) is 28.5 Å². The number of aliphatic hydroxyl groups excluding tert-OH is 3. The van der Waals surface area contributed by atoms with E-state index in [1.165, 1.54) is 25.7 Å². The third-order valence-corrected chi connectivity index (χ3v) is 10.7. The smallest absolute Gasteiger partial charge is 0.397 e. The van der Waals surface area contributed by atoms with Crippen LogP contribution in [0.4, 0.5) is 0 Å². The van der Waals surface area contributed by atoms with Gasteiger partial charge in [0.15, 0.2) is 6.29 Å². The molecule has 0 spiro atoms. The number of unbranched alkanes of at least 4 members (excludes halogenated alkanes) is 11. The standard InChI is InChI=1S/C51H84O12S/c1-3-5-7-9-11-13-15-17-18-19-20-21-22-23-24-25-26-27-29-31-33-35-37-39-41-59-43-45(44-60-51-49(55)50(63-64(56,57)58)48(54)46(42-52)62-51)61-47(53)40-38-36-34-32-30-28-16-14-12-10-8-6-4-2/h5,7,11,13-14,16-18,20-21,23-24,26-27,31,33,45-46,48-52,54-55H,3-4,6,8-10,12,15,19,22,25,28-30,32,34-44H2,1-2H3,(H,56,57,58)/b7-5-,13-11-,16-14-,18-17-,21-20-,24-23-,27-26-,33-31-. The van der Waals surface area contributed by atoms with Crippen LogP contribution < -0.4 is 0 Å². The second kappa shape index (κ2) is 41.5. The lowest BCUT2D eigenvalue weighted by atomic mass is 9.99. The molecule has 64 heavy (non-hydrogen) atoms. The normalized spacial score (nSPS) is 20.6. The van der Waals surface area contributed by atoms with Crippen LogP contribution in [0.1, 0.15) is 155 Å². The molecule has 1 fully saturated rings. The maximum Gasteiger partial charge on any atom is 0.397 e. The first kappa shape index (κ1) is 59.0. The third kappa shape index (κ3) is 34.4. The maximum atomic E-state index is 12.8. The Morgan fingerprint density at radius 1 is 0.609 bits per heavy atom. The first-order valence-electron chi connectivity index (χ1n) is 24.0. The van der Waals surface area contributed by atoms with Crippen LogP contribution in [0.5, 0.6) is 0 Å². The Bertz CT molecular complexity index is 1480. The highest BCUT2D eigenvalue weighted by molar-refractivity contribution is 7.80. The summed E-state index contributed by atoms with van der Waals surface area (Å²) in [5.74, 6) is -0.429. The topological polar surface area (TPSA) is 178 Å². The van der Waals surface area contributed by atoms with Gasteiger partial charge >= 0.3 is 16.4 Å². The van der Waals surface area contributed by atoms with E-state index in [1.54, 1.807) is 0 Å². The molecule has 0 saturated carbocycles. The Hall–Kier alpha value is -2.98. The summed E-state index contributed by atoms with van der Waals surface area (Å²) in [5, 5.41) is 30.7. The molecule has 13 heteroatoms. The van der Waals surface area contributed by atoms with Crippen LogP contribution in [0.15, 0.2) is 97.2 Å². The first-order chi connectivity index (χ1) is 31.1. The van der Waals surface area contributed by atoms with Gasteiger partial charge < -0.3 is 34.3 Å². The zero-order valence-electron chi connectivity index (χ0n) is 39.0. The molecule has 0 aliphatic carbocycles. The number of esters is 1. The quantitative estimate of drug-likeness (QED) is 0.0198. The Balaban J connectivity index is 2.43. The molecule has 6 unspecified atom stereocenters. The molecular formula is C51H84O12S. The summed E-state index contributed by atoms with van der Waals surface area (Å²) in [4.78, 5) is 12.8. The summed E-state index contributed by atoms with van der Waals surface area (Å²) in [6.45, 7) is 3.71. The minimum absolute atomic E-state index is 0.00377. The Kier molecular flexibility index (Phi) is 38.2. The maximum absolute atomic E-state index is 12.8. The van der Waals surface area contributed by atoms with Crippen molar-refractivity contribution < 1.29 is 56.2 Å². The molecule has 4 N–H and O–H groups in total. The van der Waals surface area contributed by atoms with E-state index in [1.807, 2.05) is 0 Å². The van der Waals surface area contributed by atoms with Crippen molar-refractivity contribution in [3.63, 3.8) is 0 Å². The fraction of sp³-hybridized carbons (Fsp3) is 0.667. The van der Waals surface area contributed by atoms with Crippen molar-refractivity contribution >= 4 is 16.4 Å². The van der Waals surface area contributed by atoms with Gasteiger partial charge in [0.25, 0.3) is 0 Å². The monoisotopic (exact) mass is 921 g/mol. The summed E-state index contributed by atoms with van der Waals surface area (Å²) in [6, 6.07) is 0.